The van der Waals surface area contributed by atoms with Gasteiger partial charge in [-0.25, -0.2) is 0 Å². The maximum absolute atomic E-state index is 12.2. The van der Waals surface area contributed by atoms with Gasteiger partial charge in [0.15, 0.2) is 0 Å². The monoisotopic (exact) mass is 320 g/mol. The zero-order valence-corrected chi connectivity index (χ0v) is 14.1. The summed E-state index contributed by atoms with van der Waals surface area (Å²) < 4.78 is 2.18. The van der Waals surface area contributed by atoms with E-state index in [0.717, 1.165) is 27.3 Å². The molecule has 2 aromatic rings. The number of fused-ring (bicyclic) bond motifs is 1. The molecule has 3 rings (SSSR count). The van der Waals surface area contributed by atoms with E-state index < -0.39 is 0 Å². The fraction of sp³-hybridized carbons (Fsp3) is 0.625. The lowest BCUT2D eigenvalue weighted by atomic mass is 9.96. The Morgan fingerprint density at radius 2 is 2.14 bits per heavy atom. The van der Waals surface area contributed by atoms with Crippen molar-refractivity contribution in [3.8, 4) is 0 Å². The van der Waals surface area contributed by atoms with Crippen molar-refractivity contribution in [1.82, 2.24) is 20.4 Å². The molecule has 1 saturated carbocycles. The van der Waals surface area contributed by atoms with E-state index in [-0.39, 0.29) is 5.91 Å². The van der Waals surface area contributed by atoms with Gasteiger partial charge in [0, 0.05) is 18.5 Å². The maximum Gasteiger partial charge on any atom is 0.261 e. The van der Waals surface area contributed by atoms with E-state index in [2.05, 4.69) is 15.3 Å². The molecule has 1 fully saturated rings. The molecule has 22 heavy (non-hydrogen) atoms. The molecule has 0 bridgehead atoms. The van der Waals surface area contributed by atoms with Crippen molar-refractivity contribution in [2.24, 2.45) is 0 Å². The molecule has 1 amide bonds. The summed E-state index contributed by atoms with van der Waals surface area (Å²) in [5.41, 5.74) is 1.03. The molecule has 1 aliphatic rings. The van der Waals surface area contributed by atoms with Crippen molar-refractivity contribution in [3.63, 3.8) is 0 Å². The highest BCUT2D eigenvalue weighted by atomic mass is 32.1. The fourth-order valence-corrected chi connectivity index (χ4v) is 4.29. The topological polar surface area (TPSA) is 58.9 Å². The van der Waals surface area contributed by atoms with Gasteiger partial charge in [0.2, 0.25) is 0 Å². The predicted molar refractivity (Wildman–Crippen MR) is 90.7 cm³/mol. The van der Waals surface area contributed by atoms with Gasteiger partial charge in [0.1, 0.15) is 4.83 Å². The Morgan fingerprint density at radius 3 is 2.86 bits per heavy atom. The number of rotatable bonds is 5. The lowest BCUT2D eigenvalue weighted by Gasteiger charge is -2.22. The summed E-state index contributed by atoms with van der Waals surface area (Å²) in [6.07, 6.45) is 6.32. The average molecular weight is 320 g/mol. The lowest BCUT2D eigenvalue weighted by Crippen LogP contribution is -2.29. The average Bonchev–Trinajstić information content (AvgIpc) is 3.09. The number of aromatic nitrogens is 2. The largest absolute Gasteiger partial charge is 0.350 e. The molecule has 0 aromatic carbocycles. The molecule has 5 nitrogen and oxygen atoms in total. The normalized spacial score (nSPS) is 16.3. The summed E-state index contributed by atoms with van der Waals surface area (Å²) in [5, 5.41) is 11.8. The van der Waals surface area contributed by atoms with E-state index in [1.54, 1.807) is 11.3 Å². The van der Waals surface area contributed by atoms with E-state index >= 15 is 0 Å². The molecule has 0 saturated heterocycles. The number of hydrogen-bond acceptors (Lipinski definition) is 4. The standard InChI is InChI=1S/C16H24N4OS/c1-11-13-10-14(15(21)18-9-8-17-2)22-16(13)20(19-11)12-6-4-3-5-7-12/h10,12,17H,3-9H2,1-2H3,(H,18,21). The first kappa shape index (κ1) is 15.5. The first-order valence-corrected chi connectivity index (χ1v) is 8.94. The molecule has 0 radical (unpaired) electrons. The second kappa shape index (κ2) is 6.79. The highest BCUT2D eigenvalue weighted by Gasteiger charge is 2.22. The van der Waals surface area contributed by atoms with Gasteiger partial charge in [-0.1, -0.05) is 19.3 Å². The van der Waals surface area contributed by atoms with Gasteiger partial charge in [-0.3, -0.25) is 9.48 Å². The van der Waals surface area contributed by atoms with Crippen molar-refractivity contribution in [1.29, 1.82) is 0 Å². The minimum absolute atomic E-state index is 0.0195. The Morgan fingerprint density at radius 1 is 1.36 bits per heavy atom. The molecular weight excluding hydrogens is 296 g/mol. The van der Waals surface area contributed by atoms with Crippen molar-refractivity contribution in [2.75, 3.05) is 20.1 Å². The van der Waals surface area contributed by atoms with Gasteiger partial charge in [-0.05, 0) is 32.9 Å². The highest BCUT2D eigenvalue weighted by Crippen LogP contribution is 2.35. The van der Waals surface area contributed by atoms with E-state index in [1.165, 1.54) is 32.1 Å². The first-order chi connectivity index (χ1) is 10.7. The van der Waals surface area contributed by atoms with Crippen molar-refractivity contribution in [2.45, 2.75) is 45.1 Å². The zero-order valence-electron chi connectivity index (χ0n) is 13.3. The molecular formula is C16H24N4OS. The van der Waals surface area contributed by atoms with Crippen LogP contribution in [0.1, 0.15) is 53.5 Å². The molecule has 2 N–H and O–H groups in total. The summed E-state index contributed by atoms with van der Waals surface area (Å²) in [6.45, 7) is 3.47. The summed E-state index contributed by atoms with van der Waals surface area (Å²) in [5.74, 6) is 0.0195. The zero-order chi connectivity index (χ0) is 15.5. The first-order valence-electron chi connectivity index (χ1n) is 8.12. The van der Waals surface area contributed by atoms with Crippen molar-refractivity contribution in [3.05, 3.63) is 16.6 Å². The van der Waals surface area contributed by atoms with Crippen LogP contribution >= 0.6 is 11.3 Å². The second-order valence-electron chi connectivity index (χ2n) is 6.01. The number of carbonyl (C=O) groups is 1. The van der Waals surface area contributed by atoms with E-state index in [4.69, 9.17) is 5.10 Å². The molecule has 0 atom stereocenters. The number of aryl methyl sites for hydroxylation is 1. The third-order valence-electron chi connectivity index (χ3n) is 4.37. The number of thiophene rings is 1. The van der Waals surface area contributed by atoms with Crippen LogP contribution in [0, 0.1) is 6.92 Å². The molecule has 0 unspecified atom stereocenters. The van der Waals surface area contributed by atoms with Gasteiger partial charge in [0.05, 0.1) is 16.6 Å². The second-order valence-corrected chi connectivity index (χ2v) is 7.04. The van der Waals surface area contributed by atoms with E-state index in [9.17, 15) is 4.79 Å². The maximum atomic E-state index is 12.2. The van der Waals surface area contributed by atoms with Gasteiger partial charge in [-0.15, -0.1) is 11.3 Å². The van der Waals surface area contributed by atoms with Crippen LogP contribution in [0.25, 0.3) is 10.2 Å². The van der Waals surface area contributed by atoms with E-state index in [0.29, 0.717) is 12.6 Å². The SMILES string of the molecule is CNCCNC(=O)c1cc2c(C)nn(C3CCCCC3)c2s1. The van der Waals surface area contributed by atoms with Crippen LogP contribution < -0.4 is 10.6 Å². The molecule has 6 heteroatoms. The fourth-order valence-electron chi connectivity index (χ4n) is 3.14. The van der Waals surface area contributed by atoms with Crippen LogP contribution in [0.15, 0.2) is 6.07 Å². The Kier molecular flexibility index (Phi) is 4.78. The third kappa shape index (κ3) is 3.03. The van der Waals surface area contributed by atoms with Gasteiger partial charge >= 0.3 is 0 Å². The van der Waals surface area contributed by atoms with Crippen LogP contribution in [0.2, 0.25) is 0 Å². The predicted octanol–water partition coefficient (Wildman–Crippen LogP) is 2.86. The van der Waals surface area contributed by atoms with Gasteiger partial charge < -0.3 is 10.6 Å². The molecule has 2 aromatic heterocycles. The number of nitrogens with zero attached hydrogens (tertiary/aromatic N) is 2. The Labute approximate surface area is 135 Å². The minimum Gasteiger partial charge on any atom is -0.350 e. The number of carbonyl (C=O) groups excluding carboxylic acids is 1. The Bertz CT molecular complexity index is 654. The van der Waals surface area contributed by atoms with E-state index in [1.807, 2.05) is 20.0 Å². The van der Waals surface area contributed by atoms with Crippen molar-refractivity contribution < 1.29 is 4.79 Å². The molecule has 0 aliphatic heterocycles. The number of nitrogens with one attached hydrogen (secondary N) is 2. The summed E-state index contributed by atoms with van der Waals surface area (Å²) in [7, 11) is 1.88. The van der Waals surface area contributed by atoms with Crippen molar-refractivity contribution >= 4 is 27.5 Å². The Hall–Kier alpha value is -1.40. The van der Waals surface area contributed by atoms with Crippen LogP contribution in [0.3, 0.4) is 0 Å². The molecule has 0 spiro atoms. The van der Waals surface area contributed by atoms with Crippen LogP contribution in [0.4, 0.5) is 0 Å². The summed E-state index contributed by atoms with van der Waals surface area (Å²) in [4.78, 5) is 14.2. The van der Waals surface area contributed by atoms with Crippen LogP contribution in [-0.2, 0) is 0 Å². The van der Waals surface area contributed by atoms with Gasteiger partial charge in [0.25, 0.3) is 5.91 Å². The smallest absolute Gasteiger partial charge is 0.261 e. The molecule has 2 heterocycles. The minimum atomic E-state index is 0.0195. The summed E-state index contributed by atoms with van der Waals surface area (Å²) in [6, 6.07) is 2.50. The Balaban J connectivity index is 1.84. The number of hydrogen-bond donors (Lipinski definition) is 2. The van der Waals surface area contributed by atoms with Crippen LogP contribution in [-0.4, -0.2) is 35.8 Å². The summed E-state index contributed by atoms with van der Waals surface area (Å²) >= 11 is 1.57. The van der Waals surface area contributed by atoms with Crippen LogP contribution in [0.5, 0.6) is 0 Å². The number of amides is 1. The third-order valence-corrected chi connectivity index (χ3v) is 5.50. The molecule has 120 valence electrons. The van der Waals surface area contributed by atoms with Gasteiger partial charge in [-0.2, -0.15) is 5.10 Å². The number of likely N-dealkylation sites (N-methyl/N-ethyl adjacent to an activating group) is 1. The molecule has 1 aliphatic carbocycles. The highest BCUT2D eigenvalue weighted by molar-refractivity contribution is 7.20. The quantitative estimate of drug-likeness (QED) is 0.833. The lowest BCUT2D eigenvalue weighted by molar-refractivity contribution is 0.0958.